The Kier molecular flexibility index (Phi) is 5.43. The average Bonchev–Trinajstić information content (AvgIpc) is 3.05. The van der Waals surface area contributed by atoms with Crippen molar-refractivity contribution < 1.29 is 4.79 Å². The molecule has 1 N–H and O–H groups in total. The van der Waals surface area contributed by atoms with Crippen LogP contribution in [0.15, 0.2) is 47.3 Å². The average molecular weight is 449 g/mol. The second-order valence-corrected chi connectivity index (χ2v) is 8.12. The zero-order valence-corrected chi connectivity index (χ0v) is 16.9. The van der Waals surface area contributed by atoms with Gasteiger partial charge in [-0.2, -0.15) is 0 Å². The fraction of sp³-hybridized carbons (Fsp3) is 0.316. The van der Waals surface area contributed by atoms with Gasteiger partial charge in [-0.15, -0.1) is 0 Å². The van der Waals surface area contributed by atoms with Crippen LogP contribution in [0, 0.1) is 5.92 Å². The van der Waals surface area contributed by atoms with Gasteiger partial charge in [-0.05, 0) is 59.6 Å². The van der Waals surface area contributed by atoms with Crippen molar-refractivity contribution in [2.75, 3.05) is 18.4 Å². The largest absolute Gasteiger partial charge is 0.310 e. The van der Waals surface area contributed by atoms with Crippen molar-refractivity contribution in [3.05, 3.63) is 58.0 Å². The number of nitrogens with one attached hydrogen (secondary N) is 1. The van der Waals surface area contributed by atoms with E-state index in [0.717, 1.165) is 48.3 Å². The van der Waals surface area contributed by atoms with E-state index in [2.05, 4.69) is 36.1 Å². The van der Waals surface area contributed by atoms with Crippen LogP contribution in [-0.2, 0) is 11.3 Å². The molecule has 1 unspecified atom stereocenters. The highest BCUT2D eigenvalue weighted by Crippen LogP contribution is 2.21. The SMILES string of the molecule is O=C(Nc1ccc(Br)cn1)C1CCCN(Cc2cn3cc(Cl)ccc3n2)C1. The van der Waals surface area contributed by atoms with Gasteiger partial charge in [0.2, 0.25) is 5.91 Å². The van der Waals surface area contributed by atoms with E-state index in [1.54, 1.807) is 12.3 Å². The van der Waals surface area contributed by atoms with E-state index in [1.165, 1.54) is 0 Å². The van der Waals surface area contributed by atoms with Gasteiger partial charge >= 0.3 is 0 Å². The van der Waals surface area contributed by atoms with Crippen LogP contribution in [0.1, 0.15) is 18.5 Å². The minimum Gasteiger partial charge on any atom is -0.310 e. The summed E-state index contributed by atoms with van der Waals surface area (Å²) in [7, 11) is 0. The molecule has 1 atom stereocenters. The standard InChI is InChI=1S/C19H19BrClN5O/c20-14-3-5-17(22-8-14)24-19(27)13-2-1-7-25(9-13)11-16-12-26-10-15(21)4-6-18(26)23-16/h3-6,8,10,12-13H,1-2,7,9,11H2,(H,22,24,27). The van der Waals surface area contributed by atoms with Gasteiger partial charge in [-0.1, -0.05) is 11.6 Å². The Morgan fingerprint density at radius 1 is 1.30 bits per heavy atom. The van der Waals surface area contributed by atoms with Crippen LogP contribution < -0.4 is 5.32 Å². The number of aromatic nitrogens is 3. The van der Waals surface area contributed by atoms with Crippen molar-refractivity contribution in [2.45, 2.75) is 19.4 Å². The highest BCUT2D eigenvalue weighted by Gasteiger charge is 2.26. The molecule has 27 heavy (non-hydrogen) atoms. The number of fused-ring (bicyclic) bond motifs is 1. The van der Waals surface area contributed by atoms with Gasteiger partial charge in [0.15, 0.2) is 0 Å². The molecule has 1 aliphatic rings. The van der Waals surface area contributed by atoms with E-state index in [0.29, 0.717) is 10.8 Å². The normalized spacial score (nSPS) is 17.9. The Morgan fingerprint density at radius 2 is 2.19 bits per heavy atom. The number of pyridine rings is 2. The highest BCUT2D eigenvalue weighted by molar-refractivity contribution is 9.10. The number of imidazole rings is 1. The first-order chi connectivity index (χ1) is 13.1. The molecule has 0 spiro atoms. The fourth-order valence-electron chi connectivity index (χ4n) is 3.41. The minimum absolute atomic E-state index is 0.0244. The monoisotopic (exact) mass is 447 g/mol. The van der Waals surface area contributed by atoms with Crippen LogP contribution in [0.3, 0.4) is 0 Å². The van der Waals surface area contributed by atoms with Crippen molar-refractivity contribution >= 4 is 44.9 Å². The van der Waals surface area contributed by atoms with Crippen LogP contribution in [0.4, 0.5) is 5.82 Å². The Hall–Kier alpha value is -1.96. The number of halogens is 2. The number of amides is 1. The third kappa shape index (κ3) is 4.48. The lowest BCUT2D eigenvalue weighted by atomic mass is 9.97. The summed E-state index contributed by atoms with van der Waals surface area (Å²) in [6.45, 7) is 2.41. The number of carbonyl (C=O) groups excluding carboxylic acids is 1. The first-order valence-electron chi connectivity index (χ1n) is 8.85. The van der Waals surface area contributed by atoms with E-state index in [9.17, 15) is 4.79 Å². The van der Waals surface area contributed by atoms with Crippen molar-refractivity contribution in [1.82, 2.24) is 19.3 Å². The van der Waals surface area contributed by atoms with E-state index in [-0.39, 0.29) is 11.8 Å². The predicted octanol–water partition coefficient (Wildman–Crippen LogP) is 4.00. The molecule has 3 aromatic rings. The summed E-state index contributed by atoms with van der Waals surface area (Å²) in [5.74, 6) is 0.560. The predicted molar refractivity (Wildman–Crippen MR) is 109 cm³/mol. The summed E-state index contributed by atoms with van der Waals surface area (Å²) < 4.78 is 2.82. The second-order valence-electron chi connectivity index (χ2n) is 6.77. The zero-order chi connectivity index (χ0) is 18.8. The molecule has 1 aliphatic heterocycles. The Bertz CT molecular complexity index is 958. The van der Waals surface area contributed by atoms with E-state index >= 15 is 0 Å². The molecule has 6 nitrogen and oxygen atoms in total. The molecule has 4 heterocycles. The topological polar surface area (TPSA) is 62.5 Å². The summed E-state index contributed by atoms with van der Waals surface area (Å²) in [5, 5.41) is 3.60. The van der Waals surface area contributed by atoms with Gasteiger partial charge in [0, 0.05) is 36.2 Å². The van der Waals surface area contributed by atoms with Gasteiger partial charge < -0.3 is 9.72 Å². The molecule has 140 valence electrons. The fourth-order valence-corrected chi connectivity index (χ4v) is 3.82. The van der Waals surface area contributed by atoms with Crippen molar-refractivity contribution in [3.63, 3.8) is 0 Å². The number of carbonyl (C=O) groups is 1. The van der Waals surface area contributed by atoms with Crippen LogP contribution in [-0.4, -0.2) is 38.3 Å². The van der Waals surface area contributed by atoms with Crippen molar-refractivity contribution in [3.8, 4) is 0 Å². The molecule has 1 fully saturated rings. The lowest BCUT2D eigenvalue weighted by molar-refractivity contribution is -0.121. The van der Waals surface area contributed by atoms with E-state index in [1.807, 2.05) is 35.0 Å². The maximum Gasteiger partial charge on any atom is 0.229 e. The summed E-state index contributed by atoms with van der Waals surface area (Å²) in [5.41, 5.74) is 1.86. The molecule has 3 aromatic heterocycles. The minimum atomic E-state index is -0.0457. The van der Waals surface area contributed by atoms with Crippen molar-refractivity contribution in [1.29, 1.82) is 0 Å². The number of hydrogen-bond acceptors (Lipinski definition) is 4. The maximum absolute atomic E-state index is 12.6. The second kappa shape index (κ2) is 7.96. The maximum atomic E-state index is 12.6. The van der Waals surface area contributed by atoms with Gasteiger partial charge in [-0.25, -0.2) is 9.97 Å². The first-order valence-corrected chi connectivity index (χ1v) is 10.0. The molecule has 0 saturated carbocycles. The van der Waals surface area contributed by atoms with Gasteiger partial charge in [0.05, 0.1) is 16.6 Å². The van der Waals surface area contributed by atoms with Gasteiger partial charge in [-0.3, -0.25) is 9.69 Å². The molecule has 0 radical (unpaired) electrons. The quantitative estimate of drug-likeness (QED) is 0.655. The molecular formula is C19H19BrClN5O. The number of nitrogens with zero attached hydrogens (tertiary/aromatic N) is 4. The molecule has 0 aromatic carbocycles. The molecule has 8 heteroatoms. The summed E-state index contributed by atoms with van der Waals surface area (Å²) in [4.78, 5) is 23.7. The third-order valence-corrected chi connectivity index (χ3v) is 5.40. The number of anilines is 1. The number of likely N-dealkylation sites (tertiary alicyclic amines) is 1. The summed E-state index contributed by atoms with van der Waals surface area (Å²) >= 11 is 9.39. The van der Waals surface area contributed by atoms with E-state index in [4.69, 9.17) is 11.6 Å². The smallest absolute Gasteiger partial charge is 0.229 e. The lowest BCUT2D eigenvalue weighted by Crippen LogP contribution is -2.40. The number of hydrogen-bond donors (Lipinski definition) is 1. The van der Waals surface area contributed by atoms with Crippen LogP contribution in [0.5, 0.6) is 0 Å². The summed E-state index contributed by atoms with van der Waals surface area (Å²) in [6.07, 6.45) is 7.41. The van der Waals surface area contributed by atoms with Crippen LogP contribution >= 0.6 is 27.5 Å². The molecule has 0 bridgehead atoms. The Labute approximate surface area is 170 Å². The Morgan fingerprint density at radius 3 is 3.00 bits per heavy atom. The third-order valence-electron chi connectivity index (χ3n) is 4.71. The molecule has 0 aliphatic carbocycles. The molecular weight excluding hydrogens is 430 g/mol. The van der Waals surface area contributed by atoms with E-state index < -0.39 is 0 Å². The number of piperidine rings is 1. The van der Waals surface area contributed by atoms with Crippen LogP contribution in [0.2, 0.25) is 5.02 Å². The first kappa shape index (κ1) is 18.4. The highest BCUT2D eigenvalue weighted by atomic mass is 79.9. The van der Waals surface area contributed by atoms with Crippen molar-refractivity contribution in [2.24, 2.45) is 5.92 Å². The lowest BCUT2D eigenvalue weighted by Gasteiger charge is -2.31. The molecule has 1 amide bonds. The number of rotatable bonds is 4. The van der Waals surface area contributed by atoms with Gasteiger partial charge in [0.25, 0.3) is 0 Å². The van der Waals surface area contributed by atoms with Gasteiger partial charge in [0.1, 0.15) is 11.5 Å². The summed E-state index contributed by atoms with van der Waals surface area (Å²) in [6, 6.07) is 7.41. The molecule has 1 saturated heterocycles. The Balaban J connectivity index is 1.39. The zero-order valence-electron chi connectivity index (χ0n) is 14.6. The van der Waals surface area contributed by atoms with Crippen LogP contribution in [0.25, 0.3) is 5.65 Å². The molecule has 4 rings (SSSR count).